The van der Waals surface area contributed by atoms with Crippen molar-refractivity contribution in [2.75, 3.05) is 20.2 Å². The lowest BCUT2D eigenvalue weighted by atomic mass is 9.81. The van der Waals surface area contributed by atoms with E-state index in [0.29, 0.717) is 32.5 Å². The van der Waals surface area contributed by atoms with Crippen LogP contribution in [0.5, 0.6) is 0 Å². The monoisotopic (exact) mass is 355 g/mol. The van der Waals surface area contributed by atoms with Crippen molar-refractivity contribution in [1.82, 2.24) is 15.1 Å². The van der Waals surface area contributed by atoms with Gasteiger partial charge in [0.2, 0.25) is 5.91 Å². The van der Waals surface area contributed by atoms with Gasteiger partial charge >= 0.3 is 0 Å². The number of ether oxygens (including phenoxy) is 1. The third-order valence-electron chi connectivity index (χ3n) is 5.50. The number of aromatic nitrogens is 2. The molecule has 2 aliphatic rings. The zero-order valence-corrected chi connectivity index (χ0v) is 15.1. The molecular weight excluding hydrogens is 330 g/mol. The van der Waals surface area contributed by atoms with Gasteiger partial charge in [-0.1, -0.05) is 18.2 Å². The molecule has 0 spiro atoms. The molecule has 0 bridgehead atoms. The molecule has 1 aromatic carbocycles. The maximum Gasteiger partial charge on any atom is 0.225 e. The number of hydrogen-bond donors (Lipinski definition) is 2. The summed E-state index contributed by atoms with van der Waals surface area (Å²) in [5.41, 5.74) is 5.52. The van der Waals surface area contributed by atoms with E-state index in [1.54, 1.807) is 7.11 Å². The van der Waals surface area contributed by atoms with Crippen LogP contribution in [-0.4, -0.2) is 52.4 Å². The molecule has 1 saturated carbocycles. The van der Waals surface area contributed by atoms with Gasteiger partial charge in [0.25, 0.3) is 0 Å². The SMILES string of the molecule is COCc1cccc(-c2n[nH]c3c2CCN(C(=O)C2CC(O)C2)CC3)c1. The van der Waals surface area contributed by atoms with E-state index in [2.05, 4.69) is 22.3 Å². The molecule has 4 rings (SSSR count). The zero-order chi connectivity index (χ0) is 18.1. The summed E-state index contributed by atoms with van der Waals surface area (Å²) in [5, 5.41) is 17.2. The number of carbonyl (C=O) groups excluding carboxylic acids is 1. The molecule has 6 heteroatoms. The highest BCUT2D eigenvalue weighted by Crippen LogP contribution is 2.31. The Kier molecular flexibility index (Phi) is 4.78. The van der Waals surface area contributed by atoms with Crippen molar-refractivity contribution in [3.8, 4) is 11.3 Å². The number of nitrogens with zero attached hydrogens (tertiary/aromatic N) is 2. The van der Waals surface area contributed by atoms with E-state index in [4.69, 9.17) is 4.74 Å². The highest BCUT2D eigenvalue weighted by Gasteiger charge is 2.36. The summed E-state index contributed by atoms with van der Waals surface area (Å²) in [6, 6.07) is 8.26. The first kappa shape index (κ1) is 17.2. The second-order valence-corrected chi connectivity index (χ2v) is 7.31. The molecule has 1 aliphatic heterocycles. The highest BCUT2D eigenvalue weighted by molar-refractivity contribution is 5.80. The van der Waals surface area contributed by atoms with Crippen LogP contribution in [0.25, 0.3) is 11.3 Å². The van der Waals surface area contributed by atoms with E-state index in [1.165, 1.54) is 5.56 Å². The van der Waals surface area contributed by atoms with Crippen molar-refractivity contribution in [3.05, 3.63) is 41.1 Å². The number of nitrogens with one attached hydrogen (secondary N) is 1. The first-order valence-electron chi connectivity index (χ1n) is 9.27. The summed E-state index contributed by atoms with van der Waals surface area (Å²) >= 11 is 0. The van der Waals surface area contributed by atoms with Crippen LogP contribution in [0.2, 0.25) is 0 Å². The van der Waals surface area contributed by atoms with Gasteiger partial charge in [0.05, 0.1) is 18.4 Å². The highest BCUT2D eigenvalue weighted by atomic mass is 16.5. The van der Waals surface area contributed by atoms with Gasteiger partial charge < -0.3 is 14.7 Å². The van der Waals surface area contributed by atoms with Gasteiger partial charge in [0, 0.05) is 49.4 Å². The Morgan fingerprint density at radius 1 is 1.35 bits per heavy atom. The lowest BCUT2D eigenvalue weighted by Gasteiger charge is -2.34. The molecular formula is C20H25N3O3. The van der Waals surface area contributed by atoms with E-state index < -0.39 is 0 Å². The normalized spacial score (nSPS) is 22.5. The summed E-state index contributed by atoms with van der Waals surface area (Å²) in [5.74, 6) is 0.196. The minimum Gasteiger partial charge on any atom is -0.393 e. The number of methoxy groups -OCH3 is 1. The average molecular weight is 355 g/mol. The predicted octanol–water partition coefficient (Wildman–Crippen LogP) is 1.92. The summed E-state index contributed by atoms with van der Waals surface area (Å²) in [7, 11) is 1.69. The fourth-order valence-corrected chi connectivity index (χ4v) is 3.96. The van der Waals surface area contributed by atoms with Crippen molar-refractivity contribution < 1.29 is 14.6 Å². The van der Waals surface area contributed by atoms with E-state index in [1.807, 2.05) is 17.0 Å². The second-order valence-electron chi connectivity index (χ2n) is 7.31. The van der Waals surface area contributed by atoms with Crippen LogP contribution in [0.1, 0.15) is 29.7 Å². The van der Waals surface area contributed by atoms with E-state index in [9.17, 15) is 9.90 Å². The largest absolute Gasteiger partial charge is 0.393 e. The lowest BCUT2D eigenvalue weighted by Crippen LogP contribution is -2.44. The molecule has 6 nitrogen and oxygen atoms in total. The Balaban J connectivity index is 1.51. The van der Waals surface area contributed by atoms with Gasteiger partial charge in [-0.2, -0.15) is 5.10 Å². The van der Waals surface area contributed by atoms with Gasteiger partial charge in [-0.15, -0.1) is 0 Å². The van der Waals surface area contributed by atoms with E-state index in [-0.39, 0.29) is 17.9 Å². The van der Waals surface area contributed by atoms with Gasteiger partial charge in [-0.25, -0.2) is 0 Å². The van der Waals surface area contributed by atoms with Crippen molar-refractivity contribution >= 4 is 5.91 Å². The fraction of sp³-hybridized carbons (Fsp3) is 0.500. The molecule has 0 radical (unpaired) electrons. The quantitative estimate of drug-likeness (QED) is 0.878. The molecule has 0 saturated heterocycles. The third kappa shape index (κ3) is 3.27. The van der Waals surface area contributed by atoms with Crippen molar-refractivity contribution in [2.45, 2.75) is 38.4 Å². The topological polar surface area (TPSA) is 78.5 Å². The number of H-pyrrole nitrogens is 1. The number of aromatic amines is 1. The summed E-state index contributed by atoms with van der Waals surface area (Å²) in [6.07, 6.45) is 2.52. The molecule has 1 amide bonds. The minimum absolute atomic E-state index is 0.00441. The molecule has 1 aromatic heterocycles. The molecule has 138 valence electrons. The average Bonchev–Trinajstić information content (AvgIpc) is 2.90. The van der Waals surface area contributed by atoms with Crippen LogP contribution in [0.15, 0.2) is 24.3 Å². The zero-order valence-electron chi connectivity index (χ0n) is 15.1. The number of hydrogen-bond acceptors (Lipinski definition) is 4. The summed E-state index contributed by atoms with van der Waals surface area (Å²) < 4.78 is 5.23. The smallest absolute Gasteiger partial charge is 0.225 e. The Bertz CT molecular complexity index is 795. The lowest BCUT2D eigenvalue weighted by molar-refractivity contribution is -0.142. The number of aliphatic hydroxyl groups is 1. The number of aliphatic hydroxyl groups excluding tert-OH is 1. The standard InChI is InChI=1S/C20H25N3O3/c1-26-12-13-3-2-4-14(9-13)19-17-5-7-23(8-6-18(17)21-22-19)20(25)15-10-16(24)11-15/h2-4,9,15-16,24H,5-8,10-12H2,1H3,(H,21,22). The molecule has 2 heterocycles. The predicted molar refractivity (Wildman–Crippen MR) is 97.5 cm³/mol. The van der Waals surface area contributed by atoms with Gasteiger partial charge in [0.1, 0.15) is 0 Å². The number of carbonyl (C=O) groups is 1. The first-order valence-corrected chi connectivity index (χ1v) is 9.27. The fourth-order valence-electron chi connectivity index (χ4n) is 3.96. The third-order valence-corrected chi connectivity index (χ3v) is 5.50. The van der Waals surface area contributed by atoms with E-state index >= 15 is 0 Å². The minimum atomic E-state index is -0.293. The van der Waals surface area contributed by atoms with E-state index in [0.717, 1.165) is 35.4 Å². The summed E-state index contributed by atoms with van der Waals surface area (Å²) in [4.78, 5) is 14.6. The van der Waals surface area contributed by atoms with Gasteiger partial charge in [-0.3, -0.25) is 9.89 Å². The van der Waals surface area contributed by atoms with Crippen LogP contribution >= 0.6 is 0 Å². The number of rotatable bonds is 4. The molecule has 0 unspecified atom stereocenters. The molecule has 2 N–H and O–H groups in total. The van der Waals surface area contributed by atoms with Crippen molar-refractivity contribution in [1.29, 1.82) is 0 Å². The Morgan fingerprint density at radius 2 is 2.15 bits per heavy atom. The number of benzene rings is 1. The van der Waals surface area contributed by atoms with Crippen LogP contribution < -0.4 is 0 Å². The number of fused-ring (bicyclic) bond motifs is 1. The molecule has 26 heavy (non-hydrogen) atoms. The Labute approximate surface area is 153 Å². The van der Waals surface area contributed by atoms with Gasteiger partial charge in [-0.05, 0) is 30.9 Å². The molecule has 2 aromatic rings. The van der Waals surface area contributed by atoms with Crippen LogP contribution in [0.3, 0.4) is 0 Å². The number of amides is 1. The second kappa shape index (κ2) is 7.21. The van der Waals surface area contributed by atoms with Crippen molar-refractivity contribution in [3.63, 3.8) is 0 Å². The van der Waals surface area contributed by atoms with Crippen LogP contribution in [0.4, 0.5) is 0 Å². The molecule has 1 aliphatic carbocycles. The Hall–Kier alpha value is -2.18. The van der Waals surface area contributed by atoms with Crippen LogP contribution in [-0.2, 0) is 29.0 Å². The maximum absolute atomic E-state index is 12.6. The summed E-state index contributed by atoms with van der Waals surface area (Å²) in [6.45, 7) is 2.00. The van der Waals surface area contributed by atoms with Crippen LogP contribution in [0, 0.1) is 5.92 Å². The molecule has 0 atom stereocenters. The first-order chi connectivity index (χ1) is 12.7. The maximum atomic E-state index is 12.6. The van der Waals surface area contributed by atoms with Crippen molar-refractivity contribution in [2.24, 2.45) is 5.92 Å². The van der Waals surface area contributed by atoms with Gasteiger partial charge in [0.15, 0.2) is 0 Å². The molecule has 1 fully saturated rings. The Morgan fingerprint density at radius 3 is 2.92 bits per heavy atom.